The number of carbonyl (C=O) groups excluding carboxylic acids is 1. The summed E-state index contributed by atoms with van der Waals surface area (Å²) in [7, 11) is -2.12. The van der Waals surface area contributed by atoms with Gasteiger partial charge < -0.3 is 15.2 Å². The van der Waals surface area contributed by atoms with Gasteiger partial charge in [0.25, 0.3) is 5.91 Å². The van der Waals surface area contributed by atoms with Gasteiger partial charge in [0, 0.05) is 18.2 Å². The number of amides is 1. The van der Waals surface area contributed by atoms with Crippen LogP contribution in [0.5, 0.6) is 0 Å². The van der Waals surface area contributed by atoms with E-state index < -0.39 is 44.9 Å². The molecule has 24 heavy (non-hydrogen) atoms. The summed E-state index contributed by atoms with van der Waals surface area (Å²) in [4.78, 5) is 23.8. The molecule has 1 unspecified atom stereocenters. The van der Waals surface area contributed by atoms with Crippen LogP contribution in [-0.4, -0.2) is 55.7 Å². The van der Waals surface area contributed by atoms with Crippen LogP contribution in [0.25, 0.3) is 0 Å². The molecule has 0 aliphatic carbocycles. The maximum Gasteiger partial charge on any atom is 0.329 e. The number of ether oxygens (including phenoxy) is 1. The monoisotopic (exact) mass is 351 g/mol. The Morgan fingerprint density at radius 3 is 2.29 bits per heavy atom. The van der Waals surface area contributed by atoms with E-state index in [1.54, 1.807) is 19.1 Å². The first kappa shape index (κ1) is 18.0. The molecule has 1 heterocycles. The molecule has 0 aromatic heterocycles. The number of hydrogen-bond donors (Lipinski definition) is 2. The topological polar surface area (TPSA) is 110 Å². The van der Waals surface area contributed by atoms with Crippen molar-refractivity contribution in [1.29, 1.82) is 0 Å². The Morgan fingerprint density at radius 1 is 1.29 bits per heavy atom. The summed E-state index contributed by atoms with van der Waals surface area (Å²) in [6.45, 7) is 1.69. The van der Waals surface area contributed by atoms with E-state index in [9.17, 15) is 23.1 Å². The summed E-state index contributed by atoms with van der Waals surface area (Å²) in [6.07, 6.45) is 0. The lowest BCUT2D eigenvalue weighted by molar-refractivity contribution is -0.147. The third kappa shape index (κ3) is 3.58. The molecule has 2 N–H and O–H groups in total. The van der Waals surface area contributed by atoms with Crippen molar-refractivity contribution in [1.82, 2.24) is 5.32 Å². The molecule has 1 atom stereocenters. The van der Waals surface area contributed by atoms with Gasteiger partial charge in [-0.1, -0.05) is 5.92 Å². The molecule has 1 aromatic rings. The molecule has 128 valence electrons. The number of methoxy groups -OCH3 is 1. The van der Waals surface area contributed by atoms with E-state index in [0.29, 0.717) is 0 Å². The Balaban J connectivity index is 2.20. The Hall–Kier alpha value is -2.37. The fraction of sp³-hybridized carbons (Fsp3) is 0.375. The lowest BCUT2D eigenvalue weighted by Gasteiger charge is -2.43. The number of sulfone groups is 1. The van der Waals surface area contributed by atoms with Crippen LogP contribution in [0.15, 0.2) is 24.3 Å². The van der Waals surface area contributed by atoms with E-state index in [0.717, 1.165) is 5.56 Å². The number of benzene rings is 1. The van der Waals surface area contributed by atoms with Crippen molar-refractivity contribution in [3.8, 4) is 11.8 Å². The summed E-state index contributed by atoms with van der Waals surface area (Å²) in [6, 6.07) is 4.85. The molecule has 7 nitrogen and oxygen atoms in total. The molecule has 0 spiro atoms. The maximum absolute atomic E-state index is 12.3. The minimum Gasteiger partial charge on any atom is -0.480 e. The van der Waals surface area contributed by atoms with Crippen molar-refractivity contribution in [3.63, 3.8) is 0 Å². The molecule has 1 aliphatic rings. The Bertz CT molecular complexity index is 804. The van der Waals surface area contributed by atoms with E-state index >= 15 is 0 Å². The standard InChI is InChI=1S/C16H17NO6S/c1-3-4-11-5-7-12(8-6-11)14(18)17-13(15(19)20)16(23-2)9-24(21,22)10-16/h5-8,13H,9-10H2,1-2H3,(H,17,18)(H,19,20). The highest BCUT2D eigenvalue weighted by Crippen LogP contribution is 2.31. The van der Waals surface area contributed by atoms with E-state index in [1.807, 2.05) is 0 Å². The summed E-state index contributed by atoms with van der Waals surface area (Å²) >= 11 is 0. The van der Waals surface area contributed by atoms with Gasteiger partial charge in [-0.3, -0.25) is 4.79 Å². The van der Waals surface area contributed by atoms with Gasteiger partial charge in [0.05, 0.1) is 11.5 Å². The summed E-state index contributed by atoms with van der Waals surface area (Å²) < 4.78 is 28.0. The molecular weight excluding hydrogens is 334 g/mol. The average Bonchev–Trinajstić information content (AvgIpc) is 2.50. The normalized spacial score (nSPS) is 18.4. The van der Waals surface area contributed by atoms with Gasteiger partial charge in [-0.2, -0.15) is 0 Å². The molecule has 1 aromatic carbocycles. The first-order valence-corrected chi connectivity index (χ1v) is 8.87. The lowest BCUT2D eigenvalue weighted by atomic mass is 9.96. The molecule has 1 amide bonds. The molecule has 0 saturated carbocycles. The van der Waals surface area contributed by atoms with Crippen LogP contribution < -0.4 is 5.32 Å². The van der Waals surface area contributed by atoms with Crippen LogP contribution in [0, 0.1) is 11.8 Å². The lowest BCUT2D eigenvalue weighted by Crippen LogP contribution is -2.70. The predicted octanol–water partition coefficient (Wildman–Crippen LogP) is 0.0546. The summed E-state index contributed by atoms with van der Waals surface area (Å²) in [5, 5.41) is 11.7. The van der Waals surface area contributed by atoms with Crippen molar-refractivity contribution < 1.29 is 27.9 Å². The first-order chi connectivity index (χ1) is 11.2. The third-order valence-corrected chi connectivity index (χ3v) is 5.66. The first-order valence-electron chi connectivity index (χ1n) is 7.05. The molecule has 1 saturated heterocycles. The largest absolute Gasteiger partial charge is 0.480 e. The minimum atomic E-state index is -3.35. The van der Waals surface area contributed by atoms with Gasteiger partial charge in [-0.25, -0.2) is 13.2 Å². The molecule has 1 aliphatic heterocycles. The predicted molar refractivity (Wildman–Crippen MR) is 86.3 cm³/mol. The highest BCUT2D eigenvalue weighted by atomic mass is 32.2. The maximum atomic E-state index is 12.3. The number of rotatable bonds is 5. The fourth-order valence-electron chi connectivity index (χ4n) is 2.59. The molecule has 2 rings (SSSR count). The van der Waals surface area contributed by atoms with Gasteiger partial charge in [-0.05, 0) is 31.2 Å². The van der Waals surface area contributed by atoms with E-state index in [2.05, 4.69) is 17.2 Å². The van der Waals surface area contributed by atoms with E-state index in [1.165, 1.54) is 19.2 Å². The van der Waals surface area contributed by atoms with Crippen LogP contribution >= 0.6 is 0 Å². The molecule has 0 radical (unpaired) electrons. The van der Waals surface area contributed by atoms with Gasteiger partial charge in [-0.15, -0.1) is 5.92 Å². The number of carbonyl (C=O) groups is 2. The van der Waals surface area contributed by atoms with Gasteiger partial charge >= 0.3 is 5.97 Å². The Kier molecular flexibility index (Phi) is 4.96. The summed E-state index contributed by atoms with van der Waals surface area (Å²) in [5.41, 5.74) is -0.479. The zero-order valence-corrected chi connectivity index (χ0v) is 14.0. The van der Waals surface area contributed by atoms with Crippen LogP contribution in [-0.2, 0) is 19.4 Å². The Morgan fingerprint density at radius 2 is 1.88 bits per heavy atom. The van der Waals surface area contributed by atoms with Gasteiger partial charge in [0.15, 0.2) is 15.9 Å². The SMILES string of the molecule is CC#Cc1ccc(C(=O)NC(C(=O)O)C2(OC)CS(=O)(=O)C2)cc1. The second kappa shape index (κ2) is 6.63. The molecule has 8 heteroatoms. The van der Waals surface area contributed by atoms with Crippen molar-refractivity contribution in [2.75, 3.05) is 18.6 Å². The molecular formula is C16H17NO6S. The number of hydrogen-bond acceptors (Lipinski definition) is 5. The van der Waals surface area contributed by atoms with E-state index in [-0.39, 0.29) is 5.56 Å². The molecule has 0 bridgehead atoms. The highest BCUT2D eigenvalue weighted by molar-refractivity contribution is 7.93. The number of carboxylic acid groups (broad SMARTS) is 1. The second-order valence-electron chi connectivity index (χ2n) is 5.50. The molecule has 1 fully saturated rings. The van der Waals surface area contributed by atoms with Crippen molar-refractivity contribution >= 4 is 21.7 Å². The fourth-order valence-corrected chi connectivity index (χ4v) is 4.56. The van der Waals surface area contributed by atoms with Crippen LogP contribution in [0.3, 0.4) is 0 Å². The second-order valence-corrected chi connectivity index (χ2v) is 7.56. The average molecular weight is 351 g/mol. The minimum absolute atomic E-state index is 0.247. The smallest absolute Gasteiger partial charge is 0.329 e. The van der Waals surface area contributed by atoms with Gasteiger partial charge in [0.2, 0.25) is 0 Å². The van der Waals surface area contributed by atoms with Crippen LogP contribution in [0.1, 0.15) is 22.8 Å². The zero-order valence-electron chi connectivity index (χ0n) is 13.2. The quantitative estimate of drug-likeness (QED) is 0.726. The zero-order chi connectivity index (χ0) is 18.0. The third-order valence-electron chi connectivity index (χ3n) is 3.80. The van der Waals surface area contributed by atoms with Crippen molar-refractivity contribution in [2.45, 2.75) is 18.6 Å². The van der Waals surface area contributed by atoms with Crippen molar-refractivity contribution in [3.05, 3.63) is 35.4 Å². The Labute approximate surface area is 139 Å². The van der Waals surface area contributed by atoms with E-state index in [4.69, 9.17) is 4.74 Å². The highest BCUT2D eigenvalue weighted by Gasteiger charge is 2.57. The van der Waals surface area contributed by atoms with Gasteiger partial charge in [0.1, 0.15) is 5.60 Å². The number of carboxylic acids is 1. The summed E-state index contributed by atoms with van der Waals surface area (Å²) in [5.74, 6) is 2.69. The number of aliphatic carboxylic acids is 1. The van der Waals surface area contributed by atoms with Crippen molar-refractivity contribution in [2.24, 2.45) is 0 Å². The van der Waals surface area contributed by atoms with Crippen LogP contribution in [0.4, 0.5) is 0 Å². The number of nitrogens with one attached hydrogen (secondary N) is 1. The van der Waals surface area contributed by atoms with Crippen LogP contribution in [0.2, 0.25) is 0 Å².